The molecule has 0 amide bonds. The lowest BCUT2D eigenvalue weighted by molar-refractivity contribution is -0.385. The Hall–Kier alpha value is -2.11. The zero-order valence-corrected chi connectivity index (χ0v) is 8.67. The van der Waals surface area contributed by atoms with Crippen LogP contribution >= 0.6 is 0 Å². The average molecular weight is 225 g/mol. The molecule has 0 heterocycles. The smallest absolute Gasteiger partial charge is 0.305 e. The Morgan fingerprint density at radius 2 is 2.25 bits per heavy atom. The third kappa shape index (κ3) is 2.69. The molecule has 0 fully saturated rings. The second kappa shape index (κ2) is 5.11. The van der Waals surface area contributed by atoms with Gasteiger partial charge in [-0.2, -0.15) is 0 Å². The first kappa shape index (κ1) is 12.0. The molecule has 0 unspecified atom stereocenters. The van der Waals surface area contributed by atoms with Gasteiger partial charge in [0.05, 0.1) is 17.6 Å². The summed E-state index contributed by atoms with van der Waals surface area (Å²) in [6, 6.07) is 4.01. The molecule has 1 N–H and O–H groups in total. The number of nitrogens with zero attached hydrogens (tertiary/aromatic N) is 1. The number of phenols is 1. The quantitative estimate of drug-likeness (QED) is 0.475. The third-order valence-electron chi connectivity index (χ3n) is 2.13. The van der Waals surface area contributed by atoms with Crippen LogP contribution in [0.4, 0.5) is 5.69 Å². The van der Waals surface area contributed by atoms with Crippen LogP contribution < -0.4 is 0 Å². The molecule has 0 aliphatic carbocycles. The summed E-state index contributed by atoms with van der Waals surface area (Å²) in [4.78, 5) is 21.0. The van der Waals surface area contributed by atoms with Gasteiger partial charge in [0.1, 0.15) is 5.75 Å². The van der Waals surface area contributed by atoms with Gasteiger partial charge in [0, 0.05) is 12.5 Å². The highest BCUT2D eigenvalue weighted by Crippen LogP contribution is 2.28. The van der Waals surface area contributed by atoms with Crippen molar-refractivity contribution in [2.45, 2.75) is 12.8 Å². The molecule has 0 atom stereocenters. The molecule has 1 aromatic rings. The molecule has 0 aromatic heterocycles. The lowest BCUT2D eigenvalue weighted by Crippen LogP contribution is -2.04. The first-order chi connectivity index (χ1) is 7.56. The van der Waals surface area contributed by atoms with Gasteiger partial charge >= 0.3 is 5.97 Å². The second-order valence-electron chi connectivity index (χ2n) is 3.11. The van der Waals surface area contributed by atoms with Crippen LogP contribution in [0.15, 0.2) is 18.2 Å². The summed E-state index contributed by atoms with van der Waals surface area (Å²) < 4.78 is 4.42. The minimum atomic E-state index is -0.591. The van der Waals surface area contributed by atoms with Gasteiger partial charge in [0.2, 0.25) is 0 Å². The van der Waals surface area contributed by atoms with Crippen LogP contribution in [-0.2, 0) is 16.0 Å². The first-order valence-corrected chi connectivity index (χ1v) is 4.58. The number of carbonyl (C=O) groups is 1. The number of phenolic OH excluding ortho intramolecular Hbond substituents is 1. The molecule has 1 aromatic carbocycles. The number of methoxy groups -OCH3 is 1. The Bertz CT molecular complexity index is 416. The molecular formula is C10H11NO5. The fourth-order valence-corrected chi connectivity index (χ4v) is 1.32. The molecule has 0 saturated carbocycles. The normalized spacial score (nSPS) is 9.81. The largest absolute Gasteiger partial charge is 0.507 e. The number of nitro groups is 1. The molecule has 0 saturated heterocycles. The van der Waals surface area contributed by atoms with Crippen LogP contribution in [0.1, 0.15) is 12.0 Å². The molecule has 0 aliphatic heterocycles. The number of esters is 1. The van der Waals surface area contributed by atoms with E-state index in [4.69, 9.17) is 0 Å². The average Bonchev–Trinajstić information content (AvgIpc) is 2.26. The van der Waals surface area contributed by atoms with E-state index in [1.165, 1.54) is 25.3 Å². The van der Waals surface area contributed by atoms with Crippen molar-refractivity contribution in [1.29, 1.82) is 0 Å². The maximum absolute atomic E-state index is 10.9. The van der Waals surface area contributed by atoms with E-state index in [-0.39, 0.29) is 29.8 Å². The van der Waals surface area contributed by atoms with Gasteiger partial charge in [-0.1, -0.05) is 6.07 Å². The lowest BCUT2D eigenvalue weighted by Gasteiger charge is -2.04. The number of benzene rings is 1. The highest BCUT2D eigenvalue weighted by atomic mass is 16.6. The van der Waals surface area contributed by atoms with Crippen molar-refractivity contribution in [3.05, 3.63) is 33.9 Å². The minimum Gasteiger partial charge on any atom is -0.507 e. The van der Waals surface area contributed by atoms with Crippen LogP contribution in [0, 0.1) is 10.1 Å². The van der Waals surface area contributed by atoms with Crippen molar-refractivity contribution in [2.75, 3.05) is 7.11 Å². The standard InChI is InChI=1S/C10H11NO5/c1-16-10(13)6-5-7-8(11(14)15)3-2-4-9(7)12/h2-4,12H,5-6H2,1H3. The summed E-state index contributed by atoms with van der Waals surface area (Å²) >= 11 is 0. The number of hydrogen-bond donors (Lipinski definition) is 1. The highest BCUT2D eigenvalue weighted by Gasteiger charge is 2.17. The molecule has 6 heteroatoms. The van der Waals surface area contributed by atoms with Crippen LogP contribution in [-0.4, -0.2) is 23.1 Å². The van der Waals surface area contributed by atoms with E-state index >= 15 is 0 Å². The van der Waals surface area contributed by atoms with Crippen LogP contribution in [0.2, 0.25) is 0 Å². The number of hydrogen-bond acceptors (Lipinski definition) is 5. The first-order valence-electron chi connectivity index (χ1n) is 4.58. The van der Waals surface area contributed by atoms with E-state index in [1.807, 2.05) is 0 Å². The van der Waals surface area contributed by atoms with Gasteiger partial charge in [-0.25, -0.2) is 0 Å². The molecule has 1 rings (SSSR count). The van der Waals surface area contributed by atoms with Crippen molar-refractivity contribution in [1.82, 2.24) is 0 Å². The van der Waals surface area contributed by atoms with E-state index in [1.54, 1.807) is 0 Å². The van der Waals surface area contributed by atoms with Crippen molar-refractivity contribution in [2.24, 2.45) is 0 Å². The Morgan fingerprint density at radius 3 is 2.81 bits per heavy atom. The Morgan fingerprint density at radius 1 is 1.56 bits per heavy atom. The van der Waals surface area contributed by atoms with Crippen molar-refractivity contribution in [3.8, 4) is 5.75 Å². The lowest BCUT2D eigenvalue weighted by atomic mass is 10.1. The minimum absolute atomic E-state index is 0.00505. The second-order valence-corrected chi connectivity index (χ2v) is 3.11. The van der Waals surface area contributed by atoms with Gasteiger partial charge in [-0.05, 0) is 12.5 Å². The molecule has 6 nitrogen and oxygen atoms in total. The SMILES string of the molecule is COC(=O)CCc1c(O)cccc1[N+](=O)[O-]. The van der Waals surface area contributed by atoms with Crippen LogP contribution in [0.3, 0.4) is 0 Å². The molecule has 0 bridgehead atoms. The van der Waals surface area contributed by atoms with Crippen molar-refractivity contribution < 1.29 is 19.6 Å². The Kier molecular flexibility index (Phi) is 3.82. The zero-order valence-electron chi connectivity index (χ0n) is 8.67. The summed E-state index contributed by atoms with van der Waals surface area (Å²) in [6.07, 6.45) is 0.0740. The van der Waals surface area contributed by atoms with E-state index < -0.39 is 10.9 Å². The number of carbonyl (C=O) groups excluding carboxylic acids is 1. The van der Waals surface area contributed by atoms with E-state index in [2.05, 4.69) is 4.74 Å². The van der Waals surface area contributed by atoms with Gasteiger partial charge < -0.3 is 9.84 Å². The van der Waals surface area contributed by atoms with E-state index in [9.17, 15) is 20.0 Å². The maximum Gasteiger partial charge on any atom is 0.305 e. The summed E-state index contributed by atoms with van der Waals surface area (Å²) in [6.45, 7) is 0. The molecule has 0 spiro atoms. The van der Waals surface area contributed by atoms with Gasteiger partial charge in [0.25, 0.3) is 5.69 Å². The van der Waals surface area contributed by atoms with Crippen molar-refractivity contribution in [3.63, 3.8) is 0 Å². The molecule has 0 aliphatic rings. The van der Waals surface area contributed by atoms with E-state index in [0.29, 0.717) is 0 Å². The fourth-order valence-electron chi connectivity index (χ4n) is 1.32. The van der Waals surface area contributed by atoms with Crippen molar-refractivity contribution >= 4 is 11.7 Å². The van der Waals surface area contributed by atoms with Crippen LogP contribution in [0.25, 0.3) is 0 Å². The van der Waals surface area contributed by atoms with Gasteiger partial charge in [0.15, 0.2) is 0 Å². The Balaban J connectivity index is 2.93. The highest BCUT2D eigenvalue weighted by molar-refractivity contribution is 5.70. The molecular weight excluding hydrogens is 214 g/mol. The number of nitro benzene ring substituents is 1. The number of aromatic hydroxyl groups is 1. The summed E-state index contributed by atoms with van der Waals surface area (Å²) in [5.41, 5.74) is -0.0400. The Labute approximate surface area is 91.6 Å². The van der Waals surface area contributed by atoms with Gasteiger partial charge in [-0.3, -0.25) is 14.9 Å². The molecule has 16 heavy (non-hydrogen) atoms. The zero-order chi connectivity index (χ0) is 12.1. The number of rotatable bonds is 4. The summed E-state index contributed by atoms with van der Waals surface area (Å²) in [5.74, 6) is -0.657. The molecule has 86 valence electrons. The number of ether oxygens (including phenoxy) is 1. The predicted molar refractivity (Wildman–Crippen MR) is 55.1 cm³/mol. The predicted octanol–water partition coefficient (Wildman–Crippen LogP) is 1.41. The summed E-state index contributed by atoms with van der Waals surface area (Å²) in [5, 5.41) is 20.1. The summed E-state index contributed by atoms with van der Waals surface area (Å²) in [7, 11) is 1.24. The third-order valence-corrected chi connectivity index (χ3v) is 2.13. The van der Waals surface area contributed by atoms with E-state index in [0.717, 1.165) is 0 Å². The molecule has 0 radical (unpaired) electrons. The fraction of sp³-hybridized carbons (Fsp3) is 0.300. The van der Waals surface area contributed by atoms with Crippen LogP contribution in [0.5, 0.6) is 5.75 Å². The van der Waals surface area contributed by atoms with Gasteiger partial charge in [-0.15, -0.1) is 0 Å². The monoisotopic (exact) mass is 225 g/mol. The maximum atomic E-state index is 10.9. The topological polar surface area (TPSA) is 89.7 Å².